The number of nitrogens with zero attached hydrogens (tertiary/aromatic N) is 1. The molecule has 0 fully saturated rings. The molecule has 102 valence electrons. The van der Waals surface area contributed by atoms with Gasteiger partial charge in [-0.05, 0) is 52.7 Å². The van der Waals surface area contributed by atoms with Gasteiger partial charge in [-0.25, -0.2) is 0 Å². The summed E-state index contributed by atoms with van der Waals surface area (Å²) >= 11 is 3.41. The molecule has 0 bridgehead atoms. The molecule has 0 aromatic heterocycles. The van der Waals surface area contributed by atoms with E-state index in [0.29, 0.717) is 29.4 Å². The van der Waals surface area contributed by atoms with E-state index in [0.717, 1.165) is 10.9 Å². The quantitative estimate of drug-likeness (QED) is 0.782. The Labute approximate surface area is 126 Å². The Kier molecular flexibility index (Phi) is 5.03. The van der Waals surface area contributed by atoms with Gasteiger partial charge in [-0.15, -0.1) is 0 Å². The van der Waals surface area contributed by atoms with Gasteiger partial charge in [0.25, 0.3) is 0 Å². The van der Waals surface area contributed by atoms with Crippen LogP contribution in [0.2, 0.25) is 0 Å². The average Bonchev–Trinajstić information content (AvgIpc) is 2.48. The van der Waals surface area contributed by atoms with E-state index in [2.05, 4.69) is 28.9 Å². The lowest BCUT2D eigenvalue weighted by Gasteiger charge is -2.12. The molecule has 0 aliphatic heterocycles. The van der Waals surface area contributed by atoms with Gasteiger partial charge >= 0.3 is 0 Å². The van der Waals surface area contributed by atoms with E-state index >= 15 is 0 Å². The van der Waals surface area contributed by atoms with Gasteiger partial charge in [0, 0.05) is 0 Å². The van der Waals surface area contributed by atoms with E-state index in [4.69, 9.17) is 14.7 Å². The van der Waals surface area contributed by atoms with Crippen molar-refractivity contribution in [3.8, 4) is 23.3 Å². The molecule has 0 heterocycles. The number of benzene rings is 2. The largest absolute Gasteiger partial charge is 0.490 e. The molecule has 0 atom stereocenters. The molecular weight excluding hydrogens is 318 g/mol. The van der Waals surface area contributed by atoms with Crippen LogP contribution in [0, 0.1) is 11.3 Å². The fourth-order valence-electron chi connectivity index (χ4n) is 1.64. The fraction of sp³-hybridized carbons (Fsp3) is 0.188. The Morgan fingerprint density at radius 1 is 1.10 bits per heavy atom. The van der Waals surface area contributed by atoms with Crippen molar-refractivity contribution in [3.05, 3.63) is 52.5 Å². The number of hydrogen-bond acceptors (Lipinski definition) is 3. The van der Waals surface area contributed by atoms with E-state index < -0.39 is 0 Å². The fourth-order valence-corrected chi connectivity index (χ4v) is 2.10. The number of para-hydroxylation sites is 2. The molecule has 0 aliphatic rings. The molecule has 0 amide bonds. The van der Waals surface area contributed by atoms with Crippen molar-refractivity contribution in [2.75, 3.05) is 6.61 Å². The zero-order chi connectivity index (χ0) is 14.4. The molecule has 2 rings (SSSR count). The molecule has 4 heteroatoms. The van der Waals surface area contributed by atoms with Crippen molar-refractivity contribution < 1.29 is 9.47 Å². The smallest absolute Gasteiger partial charge is 0.169 e. The lowest BCUT2D eigenvalue weighted by molar-refractivity contribution is 0.302. The van der Waals surface area contributed by atoms with Gasteiger partial charge in [0.1, 0.15) is 5.75 Å². The summed E-state index contributed by atoms with van der Waals surface area (Å²) in [5, 5.41) is 8.85. The summed E-state index contributed by atoms with van der Waals surface area (Å²) in [7, 11) is 0. The summed E-state index contributed by atoms with van der Waals surface area (Å²) in [6.07, 6.45) is 0.939. The van der Waals surface area contributed by atoms with Gasteiger partial charge in [0.2, 0.25) is 0 Å². The molecule has 2 aromatic rings. The van der Waals surface area contributed by atoms with Crippen LogP contribution >= 0.6 is 15.9 Å². The normalized spacial score (nSPS) is 9.85. The van der Waals surface area contributed by atoms with Gasteiger partial charge in [-0.1, -0.05) is 19.1 Å². The summed E-state index contributed by atoms with van der Waals surface area (Å²) in [4.78, 5) is 0. The first-order valence-electron chi connectivity index (χ1n) is 6.34. The minimum absolute atomic E-state index is 0.583. The average molecular weight is 332 g/mol. The van der Waals surface area contributed by atoms with Crippen LogP contribution in [0.25, 0.3) is 0 Å². The number of nitriles is 1. The summed E-state index contributed by atoms with van der Waals surface area (Å²) in [6.45, 7) is 2.70. The maximum atomic E-state index is 8.85. The second kappa shape index (κ2) is 6.97. The molecule has 2 aromatic carbocycles. The van der Waals surface area contributed by atoms with Crippen LogP contribution < -0.4 is 9.47 Å². The zero-order valence-electron chi connectivity index (χ0n) is 11.1. The lowest BCUT2D eigenvalue weighted by atomic mass is 10.2. The summed E-state index contributed by atoms with van der Waals surface area (Å²) < 4.78 is 12.2. The molecule has 3 nitrogen and oxygen atoms in total. The first kappa shape index (κ1) is 14.4. The van der Waals surface area contributed by atoms with Gasteiger partial charge in [-0.3, -0.25) is 0 Å². The van der Waals surface area contributed by atoms with Crippen LogP contribution in [-0.4, -0.2) is 6.61 Å². The maximum absolute atomic E-state index is 8.85. The molecule has 20 heavy (non-hydrogen) atoms. The molecular formula is C16H14BrNO2. The monoisotopic (exact) mass is 331 g/mol. The minimum Gasteiger partial charge on any atom is -0.490 e. The number of hydrogen-bond donors (Lipinski definition) is 0. The summed E-state index contributed by atoms with van der Waals surface area (Å²) in [6, 6.07) is 14.8. The van der Waals surface area contributed by atoms with Crippen LogP contribution in [0.1, 0.15) is 18.9 Å². The van der Waals surface area contributed by atoms with Crippen LogP contribution in [0.5, 0.6) is 17.2 Å². The highest BCUT2D eigenvalue weighted by molar-refractivity contribution is 9.10. The predicted molar refractivity (Wildman–Crippen MR) is 81.2 cm³/mol. The first-order chi connectivity index (χ1) is 9.74. The van der Waals surface area contributed by atoms with Gasteiger partial charge in [0.05, 0.1) is 22.7 Å². The van der Waals surface area contributed by atoms with Gasteiger partial charge < -0.3 is 9.47 Å². The maximum Gasteiger partial charge on any atom is 0.169 e. The number of rotatable bonds is 5. The number of halogens is 1. The van der Waals surface area contributed by atoms with E-state index in [1.54, 1.807) is 18.2 Å². The Hall–Kier alpha value is -1.99. The third-order valence-corrected chi connectivity index (χ3v) is 3.21. The van der Waals surface area contributed by atoms with Crippen molar-refractivity contribution in [2.45, 2.75) is 13.3 Å². The topological polar surface area (TPSA) is 42.2 Å². The van der Waals surface area contributed by atoms with Crippen molar-refractivity contribution in [3.63, 3.8) is 0 Å². The molecule has 0 unspecified atom stereocenters. The standard InChI is InChI=1S/C16H14BrNO2/c1-2-9-19-15-5-3-4-6-16(15)20-14-8-7-12(11-18)10-13(14)17/h3-8,10H,2,9H2,1H3. The Balaban J connectivity index is 2.24. The van der Waals surface area contributed by atoms with Crippen LogP contribution in [-0.2, 0) is 0 Å². The highest BCUT2D eigenvalue weighted by Crippen LogP contribution is 2.35. The van der Waals surface area contributed by atoms with Crippen molar-refractivity contribution in [1.82, 2.24) is 0 Å². The minimum atomic E-state index is 0.583. The zero-order valence-corrected chi connectivity index (χ0v) is 12.7. The van der Waals surface area contributed by atoms with E-state index in [1.807, 2.05) is 24.3 Å². The summed E-state index contributed by atoms with van der Waals surface area (Å²) in [5.74, 6) is 2.02. The molecule has 0 radical (unpaired) electrons. The predicted octanol–water partition coefficient (Wildman–Crippen LogP) is 4.90. The number of ether oxygens (including phenoxy) is 2. The molecule has 0 saturated carbocycles. The highest BCUT2D eigenvalue weighted by Gasteiger charge is 2.08. The van der Waals surface area contributed by atoms with E-state index in [-0.39, 0.29) is 0 Å². The van der Waals surface area contributed by atoms with Crippen molar-refractivity contribution >= 4 is 15.9 Å². The van der Waals surface area contributed by atoms with E-state index in [9.17, 15) is 0 Å². The Morgan fingerprint density at radius 2 is 1.85 bits per heavy atom. The molecule has 0 N–H and O–H groups in total. The third kappa shape index (κ3) is 3.52. The van der Waals surface area contributed by atoms with Crippen LogP contribution in [0.3, 0.4) is 0 Å². The van der Waals surface area contributed by atoms with Crippen LogP contribution in [0.15, 0.2) is 46.9 Å². The first-order valence-corrected chi connectivity index (χ1v) is 7.13. The van der Waals surface area contributed by atoms with Crippen molar-refractivity contribution in [2.24, 2.45) is 0 Å². The molecule has 0 aliphatic carbocycles. The van der Waals surface area contributed by atoms with Crippen molar-refractivity contribution in [1.29, 1.82) is 5.26 Å². The van der Waals surface area contributed by atoms with Gasteiger partial charge in [0.15, 0.2) is 11.5 Å². The van der Waals surface area contributed by atoms with Crippen LogP contribution in [0.4, 0.5) is 0 Å². The lowest BCUT2D eigenvalue weighted by Crippen LogP contribution is -1.97. The Morgan fingerprint density at radius 3 is 2.50 bits per heavy atom. The van der Waals surface area contributed by atoms with E-state index in [1.165, 1.54) is 0 Å². The summed E-state index contributed by atoms with van der Waals surface area (Å²) in [5.41, 5.74) is 0.583. The molecule has 0 spiro atoms. The second-order valence-corrected chi connectivity index (χ2v) is 5.01. The Bertz CT molecular complexity index is 635. The SMILES string of the molecule is CCCOc1ccccc1Oc1ccc(C#N)cc1Br. The molecule has 0 saturated heterocycles. The highest BCUT2D eigenvalue weighted by atomic mass is 79.9. The van der Waals surface area contributed by atoms with Gasteiger partial charge in [-0.2, -0.15) is 5.26 Å². The third-order valence-electron chi connectivity index (χ3n) is 2.59. The second-order valence-electron chi connectivity index (χ2n) is 4.15.